The van der Waals surface area contributed by atoms with Gasteiger partial charge >= 0.3 is 6.16 Å². The minimum atomic E-state index is -1.83. The van der Waals surface area contributed by atoms with Crippen LogP contribution >= 0.6 is 12.4 Å². The largest absolute Gasteiger partial charge is 0.503 e. The summed E-state index contributed by atoms with van der Waals surface area (Å²) in [7, 11) is 0. The van der Waals surface area contributed by atoms with E-state index in [2.05, 4.69) is 13.2 Å². The second-order valence-electron chi connectivity index (χ2n) is 0.283. The van der Waals surface area contributed by atoms with E-state index in [0.29, 0.717) is 0 Å². The van der Waals surface area contributed by atoms with Crippen molar-refractivity contribution in [2.45, 2.75) is 0 Å². The molecule has 0 aliphatic rings. The summed E-state index contributed by atoms with van der Waals surface area (Å²) in [6, 6.07) is 0. The van der Waals surface area contributed by atoms with Crippen LogP contribution in [0.15, 0.2) is 13.2 Å². The van der Waals surface area contributed by atoms with E-state index in [0.717, 1.165) is 0 Å². The molecule has 3 nitrogen and oxygen atoms in total. The Morgan fingerprint density at radius 3 is 1.29 bits per heavy atom. The van der Waals surface area contributed by atoms with E-state index >= 15 is 0 Å². The summed E-state index contributed by atoms with van der Waals surface area (Å²) in [5.74, 6) is 0. The summed E-state index contributed by atoms with van der Waals surface area (Å²) < 4.78 is 0. The molecule has 0 unspecified atom stereocenters. The standard InChI is InChI=1S/C2H4.CH2O3.ClH/c1-2;2-1(3)4;/h1-2H2;(H2,2,3,4);1H. The lowest BCUT2D eigenvalue weighted by Gasteiger charge is -1.60. The Morgan fingerprint density at radius 1 is 1.29 bits per heavy atom. The van der Waals surface area contributed by atoms with Gasteiger partial charge in [-0.1, -0.05) is 0 Å². The first-order valence-electron chi connectivity index (χ1n) is 1.15. The summed E-state index contributed by atoms with van der Waals surface area (Å²) in [6.07, 6.45) is -1.83. The fourth-order valence-corrected chi connectivity index (χ4v) is 0. The normalized spacial score (nSPS) is 4.00. The fourth-order valence-electron chi connectivity index (χ4n) is 0. The highest BCUT2D eigenvalue weighted by molar-refractivity contribution is 5.85. The molecule has 0 saturated carbocycles. The van der Waals surface area contributed by atoms with Crippen LogP contribution in [0.1, 0.15) is 0 Å². The molecule has 0 aromatic heterocycles. The van der Waals surface area contributed by atoms with E-state index in [1.807, 2.05) is 0 Å². The molecule has 0 aliphatic carbocycles. The van der Waals surface area contributed by atoms with E-state index in [1.165, 1.54) is 0 Å². The molecular formula is C3H7ClO3. The predicted octanol–water partition coefficient (Wildman–Crippen LogP) is 1.45. The second-order valence-corrected chi connectivity index (χ2v) is 0.283. The Labute approximate surface area is 47.7 Å². The van der Waals surface area contributed by atoms with Crippen LogP contribution in [-0.2, 0) is 0 Å². The van der Waals surface area contributed by atoms with Crippen molar-refractivity contribution in [1.82, 2.24) is 0 Å². The first kappa shape index (κ1) is 16.3. The molecule has 0 aromatic rings. The Hall–Kier alpha value is -0.700. The smallest absolute Gasteiger partial charge is 0.450 e. The highest BCUT2D eigenvalue weighted by Gasteiger charge is 1.70. The summed E-state index contributed by atoms with van der Waals surface area (Å²) >= 11 is 0. The van der Waals surface area contributed by atoms with Crippen LogP contribution in [0.4, 0.5) is 4.79 Å². The zero-order valence-electron chi connectivity index (χ0n) is 3.63. The zero-order chi connectivity index (χ0) is 5.58. The molecule has 44 valence electrons. The lowest BCUT2D eigenvalue weighted by molar-refractivity contribution is 0.137. The first-order chi connectivity index (χ1) is 2.73. The first-order valence-corrected chi connectivity index (χ1v) is 1.15. The second kappa shape index (κ2) is 18.5. The van der Waals surface area contributed by atoms with Crippen LogP contribution in [-0.4, -0.2) is 16.4 Å². The van der Waals surface area contributed by atoms with Gasteiger partial charge in [0.15, 0.2) is 0 Å². The van der Waals surface area contributed by atoms with Gasteiger partial charge in [0.2, 0.25) is 0 Å². The van der Waals surface area contributed by atoms with Gasteiger partial charge in [-0.05, 0) is 0 Å². The Kier molecular flexibility index (Phi) is 43.0. The predicted molar refractivity (Wildman–Crippen MR) is 29.2 cm³/mol. The summed E-state index contributed by atoms with van der Waals surface area (Å²) in [6.45, 7) is 6.00. The van der Waals surface area contributed by atoms with Gasteiger partial charge < -0.3 is 10.2 Å². The Balaban J connectivity index is -0.0000000480. The van der Waals surface area contributed by atoms with Gasteiger partial charge in [0.25, 0.3) is 0 Å². The van der Waals surface area contributed by atoms with E-state index < -0.39 is 6.16 Å². The van der Waals surface area contributed by atoms with Crippen LogP contribution in [0.25, 0.3) is 0 Å². The molecule has 0 heterocycles. The van der Waals surface area contributed by atoms with Crippen molar-refractivity contribution in [1.29, 1.82) is 0 Å². The summed E-state index contributed by atoms with van der Waals surface area (Å²) in [4.78, 5) is 8.56. The number of carbonyl (C=O) groups is 1. The van der Waals surface area contributed by atoms with E-state index in [-0.39, 0.29) is 12.4 Å². The number of carboxylic acid groups (broad SMARTS) is 2. The summed E-state index contributed by atoms with van der Waals surface area (Å²) in [5.41, 5.74) is 0. The molecule has 0 atom stereocenters. The van der Waals surface area contributed by atoms with Crippen LogP contribution in [0.3, 0.4) is 0 Å². The van der Waals surface area contributed by atoms with Crippen LogP contribution in [0.2, 0.25) is 0 Å². The average molecular weight is 127 g/mol. The number of rotatable bonds is 0. The van der Waals surface area contributed by atoms with Gasteiger partial charge in [0.1, 0.15) is 0 Å². The van der Waals surface area contributed by atoms with Crippen LogP contribution in [0.5, 0.6) is 0 Å². The number of hydrogen-bond acceptors (Lipinski definition) is 1. The van der Waals surface area contributed by atoms with Gasteiger partial charge in [-0.3, -0.25) is 0 Å². The lowest BCUT2D eigenvalue weighted by Crippen LogP contribution is -1.81. The third-order valence-electron chi connectivity index (χ3n) is 0. The molecule has 4 heteroatoms. The zero-order valence-corrected chi connectivity index (χ0v) is 4.44. The van der Waals surface area contributed by atoms with Crippen molar-refractivity contribution in [2.75, 3.05) is 0 Å². The molecule has 0 aliphatic heterocycles. The molecule has 0 amide bonds. The minimum absolute atomic E-state index is 0. The van der Waals surface area contributed by atoms with Gasteiger partial charge in [0, 0.05) is 0 Å². The molecule has 2 N–H and O–H groups in total. The van der Waals surface area contributed by atoms with Gasteiger partial charge in [-0.2, -0.15) is 0 Å². The maximum atomic E-state index is 8.56. The molecule has 0 radical (unpaired) electrons. The van der Waals surface area contributed by atoms with Crippen molar-refractivity contribution in [3.05, 3.63) is 13.2 Å². The highest BCUT2D eigenvalue weighted by atomic mass is 35.5. The molecule has 0 saturated heterocycles. The third kappa shape index (κ3) is 118. The quantitative estimate of drug-likeness (QED) is 0.483. The van der Waals surface area contributed by atoms with E-state index in [9.17, 15) is 0 Å². The topological polar surface area (TPSA) is 57.5 Å². The number of halogens is 1. The molecule has 7 heavy (non-hydrogen) atoms. The van der Waals surface area contributed by atoms with Crippen LogP contribution in [0, 0.1) is 0 Å². The van der Waals surface area contributed by atoms with Crippen molar-refractivity contribution >= 4 is 18.6 Å². The van der Waals surface area contributed by atoms with Crippen molar-refractivity contribution < 1.29 is 15.0 Å². The molecule has 0 rings (SSSR count). The molecule has 0 spiro atoms. The summed E-state index contributed by atoms with van der Waals surface area (Å²) in [5, 5.41) is 13.9. The Bertz CT molecular complexity index is 41.4. The van der Waals surface area contributed by atoms with Gasteiger partial charge in [-0.25, -0.2) is 4.79 Å². The van der Waals surface area contributed by atoms with Crippen molar-refractivity contribution in [3.8, 4) is 0 Å². The maximum Gasteiger partial charge on any atom is 0.503 e. The lowest BCUT2D eigenvalue weighted by atomic mass is 11.3. The number of hydrogen-bond donors (Lipinski definition) is 2. The fraction of sp³-hybridized carbons (Fsp3) is 0. The van der Waals surface area contributed by atoms with Crippen molar-refractivity contribution in [2.24, 2.45) is 0 Å². The average Bonchev–Trinajstić information content (AvgIpc) is 1.41. The van der Waals surface area contributed by atoms with Gasteiger partial charge in [0.05, 0.1) is 0 Å². The van der Waals surface area contributed by atoms with E-state index in [4.69, 9.17) is 15.0 Å². The maximum absolute atomic E-state index is 8.56. The molecule has 0 fully saturated rings. The monoisotopic (exact) mass is 126 g/mol. The third-order valence-corrected chi connectivity index (χ3v) is 0. The molecule has 0 aromatic carbocycles. The Morgan fingerprint density at radius 2 is 1.29 bits per heavy atom. The van der Waals surface area contributed by atoms with Crippen LogP contribution < -0.4 is 0 Å². The molecular weight excluding hydrogens is 119 g/mol. The SMILES string of the molecule is C=C.Cl.O=C(O)O. The highest BCUT2D eigenvalue weighted by Crippen LogP contribution is 1.42. The van der Waals surface area contributed by atoms with E-state index in [1.54, 1.807) is 0 Å². The van der Waals surface area contributed by atoms with Crippen molar-refractivity contribution in [3.63, 3.8) is 0 Å². The van der Waals surface area contributed by atoms with Gasteiger partial charge in [-0.15, -0.1) is 25.6 Å². The molecule has 0 bridgehead atoms. The minimum Gasteiger partial charge on any atom is -0.450 e.